The van der Waals surface area contributed by atoms with E-state index in [9.17, 15) is 18.0 Å². The highest BCUT2D eigenvalue weighted by atomic mass is 35.5. The van der Waals surface area contributed by atoms with Crippen LogP contribution >= 0.6 is 23.2 Å². The molecule has 1 atom stereocenters. The summed E-state index contributed by atoms with van der Waals surface area (Å²) in [5.74, 6) is 1.75. The number of hydrogen-bond acceptors (Lipinski definition) is 4. The summed E-state index contributed by atoms with van der Waals surface area (Å²) in [4.78, 5) is 29.4. The van der Waals surface area contributed by atoms with Crippen LogP contribution in [0.3, 0.4) is 0 Å². The Kier molecular flexibility index (Phi) is 9.99. The molecule has 2 amide bonds. The van der Waals surface area contributed by atoms with Crippen LogP contribution in [0.2, 0.25) is 10.0 Å². The third-order valence-electron chi connectivity index (χ3n) is 11.2. The molecule has 2 aromatic carbocycles. The number of carbonyl (C=O) groups excluding carboxylic acids is 2. The highest BCUT2D eigenvalue weighted by Gasteiger charge is 2.51. The van der Waals surface area contributed by atoms with E-state index in [2.05, 4.69) is 17.4 Å². The van der Waals surface area contributed by atoms with Gasteiger partial charge in [-0.25, -0.2) is 8.42 Å². The van der Waals surface area contributed by atoms with Crippen LogP contribution in [0.25, 0.3) is 0 Å². The van der Waals surface area contributed by atoms with Crippen molar-refractivity contribution in [3.05, 3.63) is 63.6 Å². The molecule has 2 aromatic rings. The predicted molar refractivity (Wildman–Crippen MR) is 185 cm³/mol. The number of amides is 2. The van der Waals surface area contributed by atoms with Crippen molar-refractivity contribution in [1.82, 2.24) is 10.2 Å². The van der Waals surface area contributed by atoms with Gasteiger partial charge in [-0.3, -0.25) is 13.9 Å². The van der Waals surface area contributed by atoms with Gasteiger partial charge >= 0.3 is 0 Å². The summed E-state index contributed by atoms with van der Waals surface area (Å²) in [5, 5.41) is 3.92. The van der Waals surface area contributed by atoms with Gasteiger partial charge in [-0.15, -0.1) is 0 Å². The van der Waals surface area contributed by atoms with Gasteiger partial charge in [0, 0.05) is 12.6 Å². The number of benzene rings is 2. The smallest absolute Gasteiger partial charge is 0.244 e. The topological polar surface area (TPSA) is 86.8 Å². The average Bonchev–Trinajstić information content (AvgIpc) is 3.01. The van der Waals surface area contributed by atoms with Crippen molar-refractivity contribution in [2.24, 2.45) is 17.8 Å². The molecule has 0 spiro atoms. The maximum Gasteiger partial charge on any atom is 0.244 e. The van der Waals surface area contributed by atoms with Gasteiger partial charge in [-0.2, -0.15) is 0 Å². The number of nitrogens with one attached hydrogen (secondary N) is 1. The van der Waals surface area contributed by atoms with Crippen LogP contribution < -0.4 is 9.62 Å². The maximum absolute atomic E-state index is 14.2. The number of carbonyl (C=O) groups is 2. The summed E-state index contributed by atoms with van der Waals surface area (Å²) in [6, 6.07) is 12.3. The van der Waals surface area contributed by atoms with Gasteiger partial charge in [0.15, 0.2) is 0 Å². The van der Waals surface area contributed by atoms with Gasteiger partial charge in [0.2, 0.25) is 21.8 Å². The second kappa shape index (κ2) is 13.7. The van der Waals surface area contributed by atoms with E-state index in [0.717, 1.165) is 56.1 Å². The minimum atomic E-state index is -3.82. The Morgan fingerprint density at radius 3 is 2.07 bits per heavy atom. The van der Waals surface area contributed by atoms with Crippen molar-refractivity contribution in [3.8, 4) is 0 Å². The molecule has 4 bridgehead atoms. The molecule has 0 heterocycles. The zero-order valence-corrected chi connectivity index (χ0v) is 29.3. The quantitative estimate of drug-likeness (QED) is 0.265. The molecule has 0 aromatic heterocycles. The second-order valence-electron chi connectivity index (χ2n) is 14.6. The van der Waals surface area contributed by atoms with E-state index in [0.29, 0.717) is 27.7 Å². The summed E-state index contributed by atoms with van der Waals surface area (Å²) in [7, 11) is -3.82. The summed E-state index contributed by atoms with van der Waals surface area (Å²) in [5.41, 5.74) is 2.65. The Labute approximate surface area is 284 Å². The number of anilines is 1. The van der Waals surface area contributed by atoms with Crippen LogP contribution in [0.5, 0.6) is 0 Å². The first-order valence-electron chi connectivity index (χ1n) is 17.1. The fourth-order valence-corrected chi connectivity index (χ4v) is 10.5. The Bertz CT molecular complexity index is 1510. The SMILES string of the molecule is CC[C@H](C(=O)NC1CCCCC1)N(Cc1ccc(Cl)c(Cl)c1)C(=O)CN(c1ccc(C23CC4CC(CC(C4)C2)C3)cc1)S(C)(=O)=O. The zero-order chi connectivity index (χ0) is 32.6. The van der Waals surface area contributed by atoms with Gasteiger partial charge in [0.25, 0.3) is 0 Å². The van der Waals surface area contributed by atoms with Crippen LogP contribution in [-0.4, -0.2) is 50.0 Å². The van der Waals surface area contributed by atoms with Crippen molar-refractivity contribution < 1.29 is 18.0 Å². The highest BCUT2D eigenvalue weighted by molar-refractivity contribution is 7.92. The van der Waals surface area contributed by atoms with Crippen LogP contribution in [0, 0.1) is 17.8 Å². The number of hydrogen-bond donors (Lipinski definition) is 1. The number of rotatable bonds is 11. The standard InChI is InChI=1S/C36H47Cl2N3O4S/c1-3-33(35(43)39-29-7-5-4-6-8-29)40(22-24-9-14-31(37)32(38)18-24)34(42)23-41(46(2,44)45)30-12-10-28(11-13-30)36-19-25-15-26(20-36)17-27(16-25)21-36/h9-14,18,25-27,29,33H,3-8,15-17,19-23H2,1-2H3,(H,39,43)/t25?,26?,27?,33-,36?/m1/s1. The third kappa shape index (κ3) is 7.24. The van der Waals surface area contributed by atoms with E-state index in [1.165, 1.54) is 53.3 Å². The van der Waals surface area contributed by atoms with Crippen molar-refractivity contribution >= 4 is 50.7 Å². The fraction of sp³-hybridized carbons (Fsp3) is 0.611. The molecule has 7 nitrogen and oxygen atoms in total. The predicted octanol–water partition coefficient (Wildman–Crippen LogP) is 7.48. The molecule has 5 aliphatic rings. The highest BCUT2D eigenvalue weighted by Crippen LogP contribution is 2.60. The fourth-order valence-electron chi connectivity index (χ4n) is 9.36. The van der Waals surface area contributed by atoms with Crippen LogP contribution in [-0.2, 0) is 31.6 Å². The first-order chi connectivity index (χ1) is 21.9. The van der Waals surface area contributed by atoms with Crippen molar-refractivity contribution in [1.29, 1.82) is 0 Å². The van der Waals surface area contributed by atoms with E-state index in [1.807, 2.05) is 19.1 Å². The summed E-state index contributed by atoms with van der Waals surface area (Å²) >= 11 is 12.5. The number of halogens is 2. The maximum atomic E-state index is 14.2. The Balaban J connectivity index is 1.25. The first kappa shape index (κ1) is 33.6. The average molecular weight is 689 g/mol. The molecule has 5 fully saturated rings. The minimum Gasteiger partial charge on any atom is -0.352 e. The van der Waals surface area contributed by atoms with Gasteiger partial charge in [-0.1, -0.05) is 67.6 Å². The Hall–Kier alpha value is -2.29. The molecule has 250 valence electrons. The summed E-state index contributed by atoms with van der Waals surface area (Å²) in [6.07, 6.45) is 14.4. The van der Waals surface area contributed by atoms with Crippen LogP contribution in [0.1, 0.15) is 95.1 Å². The summed E-state index contributed by atoms with van der Waals surface area (Å²) in [6.45, 7) is 1.55. The monoisotopic (exact) mass is 687 g/mol. The first-order valence-corrected chi connectivity index (χ1v) is 19.7. The molecular formula is C36H47Cl2N3O4S. The van der Waals surface area contributed by atoms with Crippen molar-refractivity contribution in [2.75, 3.05) is 17.1 Å². The molecular weight excluding hydrogens is 641 g/mol. The van der Waals surface area contributed by atoms with E-state index in [1.54, 1.807) is 18.2 Å². The van der Waals surface area contributed by atoms with E-state index < -0.39 is 28.5 Å². The van der Waals surface area contributed by atoms with E-state index in [4.69, 9.17) is 23.2 Å². The molecule has 7 rings (SSSR count). The molecule has 1 N–H and O–H groups in total. The lowest BCUT2D eigenvalue weighted by atomic mass is 9.48. The lowest BCUT2D eigenvalue weighted by Gasteiger charge is -2.57. The molecule has 5 saturated carbocycles. The molecule has 0 radical (unpaired) electrons. The Morgan fingerprint density at radius 2 is 1.52 bits per heavy atom. The third-order valence-corrected chi connectivity index (χ3v) is 13.0. The van der Waals surface area contributed by atoms with Gasteiger partial charge in [0.1, 0.15) is 12.6 Å². The molecule has 0 unspecified atom stereocenters. The Morgan fingerprint density at radius 1 is 0.913 bits per heavy atom. The molecule has 46 heavy (non-hydrogen) atoms. The summed E-state index contributed by atoms with van der Waals surface area (Å²) < 4.78 is 27.6. The van der Waals surface area contributed by atoms with Crippen LogP contribution in [0.15, 0.2) is 42.5 Å². The van der Waals surface area contributed by atoms with Crippen LogP contribution in [0.4, 0.5) is 5.69 Å². The zero-order valence-electron chi connectivity index (χ0n) is 27.0. The number of nitrogens with zero attached hydrogens (tertiary/aromatic N) is 2. The van der Waals surface area contributed by atoms with Gasteiger partial charge in [0.05, 0.1) is 22.0 Å². The van der Waals surface area contributed by atoms with Crippen molar-refractivity contribution in [2.45, 2.75) is 108 Å². The van der Waals surface area contributed by atoms with Gasteiger partial charge in [-0.05, 0) is 116 Å². The minimum absolute atomic E-state index is 0.0808. The molecule has 0 saturated heterocycles. The normalized spacial score (nSPS) is 26.5. The van der Waals surface area contributed by atoms with Gasteiger partial charge < -0.3 is 10.2 Å². The van der Waals surface area contributed by atoms with E-state index in [-0.39, 0.29) is 23.9 Å². The van der Waals surface area contributed by atoms with E-state index >= 15 is 0 Å². The number of sulfonamides is 1. The second-order valence-corrected chi connectivity index (χ2v) is 17.3. The largest absolute Gasteiger partial charge is 0.352 e. The molecule has 5 aliphatic carbocycles. The molecule has 10 heteroatoms. The van der Waals surface area contributed by atoms with Crippen molar-refractivity contribution in [3.63, 3.8) is 0 Å². The molecule has 0 aliphatic heterocycles. The lowest BCUT2D eigenvalue weighted by molar-refractivity contribution is -0.140. The lowest BCUT2D eigenvalue weighted by Crippen LogP contribution is -2.54.